The Kier molecular flexibility index (Phi) is 4.42. The molecule has 0 bridgehead atoms. The zero-order valence-corrected chi connectivity index (χ0v) is 12.2. The summed E-state index contributed by atoms with van der Waals surface area (Å²) in [5.74, 6) is 0.326. The molecule has 1 saturated carbocycles. The standard InChI is InChI=1S/C15H18BrNO/c1-12-4-2-3-9-15(12,11-17)18-10-13-5-7-14(16)8-6-13/h5-8,12H,2-4,9-10H2,1H3/t12-,15+/m0/s1. The lowest BCUT2D eigenvalue weighted by atomic mass is 9.77. The van der Waals surface area contributed by atoms with E-state index in [1.54, 1.807) is 0 Å². The first-order chi connectivity index (χ1) is 8.66. The van der Waals surface area contributed by atoms with Crippen molar-refractivity contribution in [2.75, 3.05) is 0 Å². The number of ether oxygens (including phenoxy) is 1. The Bertz CT molecular complexity index is 437. The molecule has 0 spiro atoms. The number of hydrogen-bond acceptors (Lipinski definition) is 2. The highest BCUT2D eigenvalue weighted by Crippen LogP contribution is 2.36. The van der Waals surface area contributed by atoms with Crippen molar-refractivity contribution in [3.8, 4) is 6.07 Å². The second-order valence-electron chi connectivity index (χ2n) is 5.06. The van der Waals surface area contributed by atoms with Gasteiger partial charge in [-0.25, -0.2) is 0 Å². The number of benzene rings is 1. The second-order valence-corrected chi connectivity index (χ2v) is 5.98. The molecule has 3 heteroatoms. The molecule has 0 unspecified atom stereocenters. The Hall–Kier alpha value is -0.850. The van der Waals surface area contributed by atoms with Crippen LogP contribution in [0, 0.1) is 17.2 Å². The Labute approximate surface area is 117 Å². The highest BCUT2D eigenvalue weighted by Gasteiger charge is 2.39. The van der Waals surface area contributed by atoms with Gasteiger partial charge in [0.05, 0.1) is 12.7 Å². The summed E-state index contributed by atoms with van der Waals surface area (Å²) >= 11 is 3.41. The number of nitrogens with zero attached hydrogens (tertiary/aromatic N) is 1. The highest BCUT2D eigenvalue weighted by atomic mass is 79.9. The summed E-state index contributed by atoms with van der Waals surface area (Å²) < 4.78 is 7.04. The van der Waals surface area contributed by atoms with Crippen molar-refractivity contribution in [3.05, 3.63) is 34.3 Å². The normalized spacial score (nSPS) is 27.7. The maximum absolute atomic E-state index is 9.45. The van der Waals surface area contributed by atoms with Crippen molar-refractivity contribution in [3.63, 3.8) is 0 Å². The van der Waals surface area contributed by atoms with Crippen LogP contribution >= 0.6 is 15.9 Å². The molecule has 2 rings (SSSR count). The maximum atomic E-state index is 9.45. The number of nitriles is 1. The van der Waals surface area contributed by atoms with Crippen LogP contribution in [0.2, 0.25) is 0 Å². The van der Waals surface area contributed by atoms with Gasteiger partial charge >= 0.3 is 0 Å². The van der Waals surface area contributed by atoms with Crippen LogP contribution in [0.1, 0.15) is 38.2 Å². The van der Waals surface area contributed by atoms with Gasteiger partial charge in [0.25, 0.3) is 0 Å². The minimum Gasteiger partial charge on any atom is -0.355 e. The van der Waals surface area contributed by atoms with Gasteiger partial charge in [-0.15, -0.1) is 0 Å². The van der Waals surface area contributed by atoms with Gasteiger partial charge in [-0.2, -0.15) is 5.26 Å². The van der Waals surface area contributed by atoms with E-state index in [2.05, 4.69) is 28.9 Å². The van der Waals surface area contributed by atoms with Gasteiger partial charge < -0.3 is 4.74 Å². The van der Waals surface area contributed by atoms with Gasteiger partial charge in [-0.3, -0.25) is 0 Å². The monoisotopic (exact) mass is 307 g/mol. The van der Waals surface area contributed by atoms with Gasteiger partial charge in [-0.05, 0) is 42.9 Å². The van der Waals surface area contributed by atoms with E-state index in [-0.39, 0.29) is 0 Å². The fourth-order valence-corrected chi connectivity index (χ4v) is 2.79. The number of halogens is 1. The molecule has 2 atom stereocenters. The Balaban J connectivity index is 2.03. The zero-order valence-electron chi connectivity index (χ0n) is 10.7. The average molecular weight is 308 g/mol. The van der Waals surface area contributed by atoms with Gasteiger partial charge in [0.1, 0.15) is 0 Å². The first-order valence-corrected chi connectivity index (χ1v) is 7.25. The summed E-state index contributed by atoms with van der Waals surface area (Å²) in [6.07, 6.45) is 4.26. The Morgan fingerprint density at radius 1 is 1.39 bits per heavy atom. The third-order valence-corrected chi connectivity index (χ3v) is 4.36. The predicted octanol–water partition coefficient (Wildman–Crippen LogP) is 4.44. The lowest BCUT2D eigenvalue weighted by Crippen LogP contribution is -2.40. The summed E-state index contributed by atoms with van der Waals surface area (Å²) in [6.45, 7) is 2.65. The van der Waals surface area contributed by atoms with E-state index >= 15 is 0 Å². The summed E-state index contributed by atoms with van der Waals surface area (Å²) in [4.78, 5) is 0. The third-order valence-electron chi connectivity index (χ3n) is 3.83. The molecular weight excluding hydrogens is 290 g/mol. The molecule has 0 heterocycles. The molecule has 0 radical (unpaired) electrons. The van der Waals surface area contributed by atoms with Crippen LogP contribution in [0.15, 0.2) is 28.7 Å². The molecule has 2 nitrogen and oxygen atoms in total. The Morgan fingerprint density at radius 2 is 2.11 bits per heavy atom. The zero-order chi connectivity index (χ0) is 13.0. The summed E-state index contributed by atoms with van der Waals surface area (Å²) in [5, 5.41) is 9.45. The van der Waals surface area contributed by atoms with Crippen molar-refractivity contribution in [2.24, 2.45) is 5.92 Å². The van der Waals surface area contributed by atoms with Crippen molar-refractivity contribution >= 4 is 15.9 Å². The van der Waals surface area contributed by atoms with Gasteiger partial charge in [0.2, 0.25) is 0 Å². The number of rotatable bonds is 3. The SMILES string of the molecule is C[C@H]1CCCC[C@]1(C#N)OCc1ccc(Br)cc1. The molecule has 96 valence electrons. The van der Waals surface area contributed by atoms with Crippen LogP contribution in [0.4, 0.5) is 0 Å². The van der Waals surface area contributed by atoms with E-state index in [1.807, 2.05) is 24.3 Å². The second kappa shape index (κ2) is 5.86. The molecule has 1 aromatic rings. The predicted molar refractivity (Wildman–Crippen MR) is 74.9 cm³/mol. The summed E-state index contributed by atoms with van der Waals surface area (Å²) in [6, 6.07) is 10.5. The van der Waals surface area contributed by atoms with Gasteiger partial charge in [0.15, 0.2) is 5.60 Å². The first kappa shape index (κ1) is 13.6. The summed E-state index contributed by atoms with van der Waals surface area (Å²) in [5.41, 5.74) is 0.538. The van der Waals surface area contributed by atoms with Crippen molar-refractivity contribution in [1.29, 1.82) is 5.26 Å². The third kappa shape index (κ3) is 2.93. The van der Waals surface area contributed by atoms with E-state index in [0.717, 1.165) is 29.3 Å². The number of hydrogen-bond donors (Lipinski definition) is 0. The van der Waals surface area contributed by atoms with E-state index in [1.165, 1.54) is 6.42 Å². The summed E-state index contributed by atoms with van der Waals surface area (Å²) in [7, 11) is 0. The molecular formula is C15H18BrNO. The first-order valence-electron chi connectivity index (χ1n) is 6.46. The lowest BCUT2D eigenvalue weighted by molar-refractivity contribution is -0.0714. The van der Waals surface area contributed by atoms with Gasteiger partial charge in [0, 0.05) is 4.47 Å². The molecule has 1 aliphatic carbocycles. The lowest BCUT2D eigenvalue weighted by Gasteiger charge is -2.36. The fourth-order valence-electron chi connectivity index (χ4n) is 2.52. The largest absolute Gasteiger partial charge is 0.355 e. The minimum absolute atomic E-state index is 0.326. The van der Waals surface area contributed by atoms with Crippen LogP contribution in [0.5, 0.6) is 0 Å². The van der Waals surface area contributed by atoms with Gasteiger partial charge in [-0.1, -0.05) is 41.4 Å². The topological polar surface area (TPSA) is 33.0 Å². The van der Waals surface area contributed by atoms with Crippen molar-refractivity contribution in [2.45, 2.75) is 44.8 Å². The van der Waals surface area contributed by atoms with E-state index < -0.39 is 5.60 Å². The van der Waals surface area contributed by atoms with Crippen LogP contribution in [0.3, 0.4) is 0 Å². The Morgan fingerprint density at radius 3 is 2.72 bits per heavy atom. The van der Waals surface area contributed by atoms with Crippen molar-refractivity contribution < 1.29 is 4.74 Å². The molecule has 0 N–H and O–H groups in total. The molecule has 18 heavy (non-hydrogen) atoms. The maximum Gasteiger partial charge on any atom is 0.157 e. The van der Waals surface area contributed by atoms with Crippen LogP contribution in [-0.4, -0.2) is 5.60 Å². The molecule has 1 fully saturated rings. The average Bonchev–Trinajstić information content (AvgIpc) is 2.40. The van der Waals surface area contributed by atoms with E-state index in [9.17, 15) is 5.26 Å². The van der Waals surface area contributed by atoms with Crippen LogP contribution in [-0.2, 0) is 11.3 Å². The van der Waals surface area contributed by atoms with Crippen molar-refractivity contribution in [1.82, 2.24) is 0 Å². The molecule has 0 saturated heterocycles. The smallest absolute Gasteiger partial charge is 0.157 e. The molecule has 0 amide bonds. The van der Waals surface area contributed by atoms with E-state index in [4.69, 9.17) is 4.74 Å². The minimum atomic E-state index is -0.578. The molecule has 0 aromatic heterocycles. The van der Waals surface area contributed by atoms with E-state index in [0.29, 0.717) is 12.5 Å². The van der Waals surface area contributed by atoms with Crippen LogP contribution in [0.25, 0.3) is 0 Å². The molecule has 1 aromatic carbocycles. The highest BCUT2D eigenvalue weighted by molar-refractivity contribution is 9.10. The van der Waals surface area contributed by atoms with Crippen LogP contribution < -0.4 is 0 Å². The molecule has 1 aliphatic rings. The quantitative estimate of drug-likeness (QED) is 0.827. The molecule has 0 aliphatic heterocycles. The fraction of sp³-hybridized carbons (Fsp3) is 0.533.